The molecule has 0 bridgehead atoms. The van der Waals surface area contributed by atoms with Crippen LogP contribution in [0.2, 0.25) is 0 Å². The number of hydrogen-bond acceptors (Lipinski definition) is 10. The lowest BCUT2D eigenvalue weighted by Crippen LogP contribution is -2.51. The van der Waals surface area contributed by atoms with Crippen molar-refractivity contribution in [2.75, 3.05) is 20.3 Å². The molecule has 1 rings (SSSR count). The van der Waals surface area contributed by atoms with Gasteiger partial charge in [0.25, 0.3) is 5.91 Å². The molecule has 0 spiro atoms. The van der Waals surface area contributed by atoms with Crippen molar-refractivity contribution in [2.45, 2.75) is 98.0 Å². The Morgan fingerprint density at radius 3 is 2.07 bits per heavy atom. The molecule has 0 fully saturated rings. The molecule has 0 saturated carbocycles. The van der Waals surface area contributed by atoms with Crippen LogP contribution < -0.4 is 20.7 Å². The van der Waals surface area contributed by atoms with E-state index in [1.165, 1.54) is 19.5 Å². The van der Waals surface area contributed by atoms with Gasteiger partial charge in [-0.1, -0.05) is 0 Å². The SMILES string of the molecule is COC(C)(C)C(=O)NC(CCCNC(=NC(=O)OC(C)(C)C)NC(=O)OC(C)(C)C)C(=O)COc1cnc(C)nc1. The average Bonchev–Trinajstić information content (AvgIpc) is 2.82. The number of aromatic nitrogens is 2. The van der Waals surface area contributed by atoms with Crippen LogP contribution in [0.3, 0.4) is 0 Å². The highest BCUT2D eigenvalue weighted by Gasteiger charge is 2.31. The van der Waals surface area contributed by atoms with Crippen LogP contribution in [0.4, 0.5) is 9.59 Å². The normalized spacial score (nSPS) is 13.1. The Morgan fingerprint density at radius 2 is 1.54 bits per heavy atom. The van der Waals surface area contributed by atoms with Gasteiger partial charge in [-0.2, -0.15) is 0 Å². The molecule has 230 valence electrons. The number of methoxy groups -OCH3 is 1. The standard InChI is InChI=1S/C27H44N6O8/c1-17-29-14-18(15-30-17)39-16-20(34)19(31-21(35)27(8,9)38-10)12-11-13-28-22(32-23(36)40-25(2,3)4)33-24(37)41-26(5,6)7/h14-15,19H,11-13,16H2,1-10H3,(H,31,35)(H2,28,32,33,36,37). The Kier molecular flexibility index (Phi) is 13.1. The Hall–Kier alpha value is -3.81. The molecule has 1 heterocycles. The highest BCUT2D eigenvalue weighted by atomic mass is 16.6. The summed E-state index contributed by atoms with van der Waals surface area (Å²) in [5.41, 5.74) is -2.76. The summed E-state index contributed by atoms with van der Waals surface area (Å²) < 4.78 is 21.2. The first-order valence-electron chi connectivity index (χ1n) is 13.2. The zero-order valence-electron chi connectivity index (χ0n) is 25.7. The van der Waals surface area contributed by atoms with Crippen molar-refractivity contribution in [1.29, 1.82) is 0 Å². The van der Waals surface area contributed by atoms with E-state index in [1.807, 2.05) is 0 Å². The summed E-state index contributed by atoms with van der Waals surface area (Å²) >= 11 is 0. The van der Waals surface area contributed by atoms with Crippen LogP contribution in [0.1, 0.15) is 74.1 Å². The molecule has 1 aromatic heterocycles. The molecule has 0 saturated heterocycles. The number of amides is 3. The molecule has 0 aromatic carbocycles. The van der Waals surface area contributed by atoms with Crippen LogP contribution in [0.15, 0.2) is 17.4 Å². The number of Topliss-reactive ketones (excluding diaryl/α,β-unsaturated/α-hetero) is 1. The van der Waals surface area contributed by atoms with Gasteiger partial charge in [-0.3, -0.25) is 14.9 Å². The van der Waals surface area contributed by atoms with Gasteiger partial charge in [0.05, 0.1) is 18.4 Å². The van der Waals surface area contributed by atoms with E-state index < -0.39 is 40.9 Å². The number of carbonyl (C=O) groups is 4. The van der Waals surface area contributed by atoms with Crippen molar-refractivity contribution in [3.05, 3.63) is 18.2 Å². The van der Waals surface area contributed by atoms with E-state index in [2.05, 4.69) is 30.9 Å². The van der Waals surface area contributed by atoms with Crippen molar-refractivity contribution in [2.24, 2.45) is 4.99 Å². The second-order valence-electron chi connectivity index (χ2n) is 11.6. The molecule has 3 N–H and O–H groups in total. The fourth-order valence-electron chi connectivity index (χ4n) is 2.85. The lowest BCUT2D eigenvalue weighted by molar-refractivity contribution is -0.142. The molecule has 0 aliphatic carbocycles. The molecule has 1 unspecified atom stereocenters. The lowest BCUT2D eigenvalue weighted by atomic mass is 10.0. The molecular formula is C27H44N6O8. The van der Waals surface area contributed by atoms with E-state index >= 15 is 0 Å². The van der Waals surface area contributed by atoms with Gasteiger partial charge >= 0.3 is 12.2 Å². The van der Waals surface area contributed by atoms with E-state index in [-0.39, 0.29) is 31.3 Å². The molecular weight excluding hydrogens is 536 g/mol. The molecule has 14 heteroatoms. The number of ketones is 1. The summed E-state index contributed by atoms with van der Waals surface area (Å²) in [6.07, 6.45) is 1.66. The van der Waals surface area contributed by atoms with Gasteiger partial charge in [-0.05, 0) is 75.2 Å². The van der Waals surface area contributed by atoms with E-state index in [0.29, 0.717) is 18.0 Å². The van der Waals surface area contributed by atoms with Crippen molar-refractivity contribution >= 4 is 29.8 Å². The number of alkyl carbamates (subject to hydrolysis) is 1. The number of hydrogen-bond donors (Lipinski definition) is 3. The van der Waals surface area contributed by atoms with Crippen molar-refractivity contribution < 1.29 is 38.1 Å². The maximum absolute atomic E-state index is 13.0. The zero-order valence-corrected chi connectivity index (χ0v) is 25.7. The van der Waals surface area contributed by atoms with Crippen LogP contribution in [0, 0.1) is 6.92 Å². The smallest absolute Gasteiger partial charge is 0.437 e. The molecule has 0 aliphatic rings. The monoisotopic (exact) mass is 580 g/mol. The maximum atomic E-state index is 13.0. The number of aliphatic imine (C=N–C) groups is 1. The molecule has 1 atom stereocenters. The predicted octanol–water partition coefficient (Wildman–Crippen LogP) is 2.83. The van der Waals surface area contributed by atoms with Gasteiger partial charge in [0.1, 0.15) is 29.2 Å². The Labute approximate surface area is 241 Å². The highest BCUT2D eigenvalue weighted by molar-refractivity contribution is 5.99. The minimum atomic E-state index is -1.17. The first-order valence-corrected chi connectivity index (χ1v) is 13.2. The maximum Gasteiger partial charge on any atom is 0.437 e. The van der Waals surface area contributed by atoms with Gasteiger partial charge in [0.2, 0.25) is 5.96 Å². The summed E-state index contributed by atoms with van der Waals surface area (Å²) in [6.45, 7) is 14.8. The second kappa shape index (κ2) is 15.3. The van der Waals surface area contributed by atoms with E-state index in [9.17, 15) is 19.2 Å². The number of ether oxygens (including phenoxy) is 4. The predicted molar refractivity (Wildman–Crippen MR) is 151 cm³/mol. The zero-order chi connectivity index (χ0) is 31.4. The minimum Gasteiger partial charge on any atom is -0.483 e. The molecule has 3 amide bonds. The molecule has 41 heavy (non-hydrogen) atoms. The quantitative estimate of drug-likeness (QED) is 0.199. The third kappa shape index (κ3) is 15.0. The fourth-order valence-corrected chi connectivity index (χ4v) is 2.85. The number of rotatable bonds is 11. The van der Waals surface area contributed by atoms with Crippen LogP contribution in [-0.2, 0) is 23.8 Å². The van der Waals surface area contributed by atoms with E-state index in [0.717, 1.165) is 0 Å². The van der Waals surface area contributed by atoms with Gasteiger partial charge in [0.15, 0.2) is 11.5 Å². The number of nitrogens with zero attached hydrogens (tertiary/aromatic N) is 3. The Bertz CT molecular complexity index is 1070. The molecule has 1 aromatic rings. The van der Waals surface area contributed by atoms with Gasteiger partial charge in [-0.15, -0.1) is 4.99 Å². The third-order valence-electron chi connectivity index (χ3n) is 5.07. The van der Waals surface area contributed by atoms with Crippen LogP contribution in [0.5, 0.6) is 5.75 Å². The first kappa shape index (κ1) is 35.2. The summed E-state index contributed by atoms with van der Waals surface area (Å²) in [5, 5.41) is 7.95. The second-order valence-corrected chi connectivity index (χ2v) is 11.6. The summed E-state index contributed by atoms with van der Waals surface area (Å²) in [6, 6.07) is -0.921. The first-order chi connectivity index (χ1) is 18.8. The van der Waals surface area contributed by atoms with Crippen LogP contribution >= 0.6 is 0 Å². The van der Waals surface area contributed by atoms with Gasteiger partial charge in [0, 0.05) is 13.7 Å². The van der Waals surface area contributed by atoms with E-state index in [4.69, 9.17) is 18.9 Å². The van der Waals surface area contributed by atoms with Crippen molar-refractivity contribution in [1.82, 2.24) is 25.9 Å². The van der Waals surface area contributed by atoms with Crippen molar-refractivity contribution in [3.63, 3.8) is 0 Å². The summed E-state index contributed by atoms with van der Waals surface area (Å²) in [7, 11) is 1.39. The topological polar surface area (TPSA) is 179 Å². The molecule has 0 aliphatic heterocycles. The summed E-state index contributed by atoms with van der Waals surface area (Å²) in [4.78, 5) is 62.1. The number of nitrogens with one attached hydrogen (secondary N) is 3. The fraction of sp³-hybridized carbons (Fsp3) is 0.667. The van der Waals surface area contributed by atoms with Gasteiger partial charge in [-0.25, -0.2) is 19.6 Å². The summed E-state index contributed by atoms with van der Waals surface area (Å²) in [5.74, 6) is -0.198. The molecule has 14 nitrogen and oxygen atoms in total. The number of guanidine groups is 1. The van der Waals surface area contributed by atoms with Gasteiger partial charge < -0.3 is 29.6 Å². The third-order valence-corrected chi connectivity index (χ3v) is 5.07. The lowest BCUT2D eigenvalue weighted by Gasteiger charge is -2.26. The van der Waals surface area contributed by atoms with Crippen molar-refractivity contribution in [3.8, 4) is 5.75 Å². The average molecular weight is 581 g/mol. The minimum absolute atomic E-state index is 0.164. The largest absolute Gasteiger partial charge is 0.483 e. The molecule has 0 radical (unpaired) electrons. The number of carbonyl (C=O) groups excluding carboxylic acids is 4. The van der Waals surface area contributed by atoms with E-state index in [1.54, 1.807) is 62.3 Å². The Morgan fingerprint density at radius 1 is 0.951 bits per heavy atom. The number of aryl methyl sites for hydroxylation is 1. The van der Waals surface area contributed by atoms with Crippen LogP contribution in [0.25, 0.3) is 0 Å². The highest BCUT2D eigenvalue weighted by Crippen LogP contribution is 2.12. The van der Waals surface area contributed by atoms with Crippen LogP contribution in [-0.4, -0.2) is 82.9 Å². The Balaban J connectivity index is 2.93.